The number of hydrogen-bond acceptors (Lipinski definition) is 3. The zero-order valence-electron chi connectivity index (χ0n) is 10.3. The van der Waals surface area contributed by atoms with Gasteiger partial charge in [0, 0.05) is 10.4 Å². The number of alkyl halides is 3. The normalized spacial score (nSPS) is 11.8. The fourth-order valence-corrected chi connectivity index (χ4v) is 2.65. The molecule has 2 nitrogen and oxygen atoms in total. The Morgan fingerprint density at radius 1 is 1.21 bits per heavy atom. The lowest BCUT2D eigenvalue weighted by atomic mass is 10.1. The van der Waals surface area contributed by atoms with Crippen LogP contribution in [0.15, 0.2) is 30.3 Å². The topological polar surface area (TPSA) is 24.9 Å². The molecule has 2 rings (SSSR count). The quantitative estimate of drug-likeness (QED) is 0.929. The highest BCUT2D eigenvalue weighted by atomic mass is 32.1. The number of likely N-dealkylation sites (N-methyl/N-ethyl adjacent to an activating group) is 1. The molecule has 1 aromatic carbocycles. The van der Waals surface area contributed by atoms with Gasteiger partial charge in [-0.05, 0) is 20.0 Å². The van der Waals surface area contributed by atoms with Gasteiger partial charge in [-0.2, -0.15) is 13.2 Å². The van der Waals surface area contributed by atoms with Gasteiger partial charge in [-0.1, -0.05) is 30.3 Å². The van der Waals surface area contributed by atoms with Crippen LogP contribution in [0.4, 0.5) is 13.2 Å². The van der Waals surface area contributed by atoms with Gasteiger partial charge in [-0.25, -0.2) is 4.98 Å². The molecule has 0 saturated carbocycles. The summed E-state index contributed by atoms with van der Waals surface area (Å²) in [6.07, 6.45) is -3.85. The fraction of sp³-hybridized carbons (Fsp3) is 0.308. The Kier molecular flexibility index (Phi) is 4.21. The molecule has 0 unspecified atom stereocenters. The van der Waals surface area contributed by atoms with Gasteiger partial charge >= 0.3 is 6.18 Å². The maximum absolute atomic E-state index is 12.8. The van der Waals surface area contributed by atoms with Crippen LogP contribution < -0.4 is 5.32 Å². The molecule has 2 aromatic rings. The SMILES string of the molecule is CNCCc1sc(C(F)(F)F)nc1-c1ccccc1. The van der Waals surface area contributed by atoms with Gasteiger partial charge in [0.1, 0.15) is 0 Å². The highest BCUT2D eigenvalue weighted by Crippen LogP contribution is 2.37. The highest BCUT2D eigenvalue weighted by Gasteiger charge is 2.36. The van der Waals surface area contributed by atoms with Crippen LogP contribution >= 0.6 is 11.3 Å². The van der Waals surface area contributed by atoms with Crippen LogP contribution in [0.1, 0.15) is 9.88 Å². The summed E-state index contributed by atoms with van der Waals surface area (Å²) in [5.41, 5.74) is 1.16. The van der Waals surface area contributed by atoms with Crippen molar-refractivity contribution in [3.63, 3.8) is 0 Å². The number of halogens is 3. The van der Waals surface area contributed by atoms with Crippen LogP contribution in [0.5, 0.6) is 0 Å². The van der Waals surface area contributed by atoms with Crippen molar-refractivity contribution in [2.24, 2.45) is 0 Å². The Morgan fingerprint density at radius 2 is 1.89 bits per heavy atom. The maximum atomic E-state index is 12.8. The van der Waals surface area contributed by atoms with Gasteiger partial charge in [0.15, 0.2) is 5.01 Å². The molecule has 0 amide bonds. The van der Waals surface area contributed by atoms with E-state index in [1.807, 2.05) is 6.07 Å². The third-order valence-electron chi connectivity index (χ3n) is 2.59. The van der Waals surface area contributed by atoms with E-state index in [1.165, 1.54) is 0 Å². The van der Waals surface area contributed by atoms with Crippen LogP contribution in [0, 0.1) is 0 Å². The second-order valence-electron chi connectivity index (χ2n) is 4.01. The molecule has 0 saturated heterocycles. The van der Waals surface area contributed by atoms with Gasteiger partial charge in [-0.3, -0.25) is 0 Å². The molecule has 1 N–H and O–H groups in total. The zero-order valence-corrected chi connectivity index (χ0v) is 11.1. The predicted octanol–water partition coefficient (Wildman–Crippen LogP) is 3.59. The molecule has 102 valence electrons. The molecule has 0 fully saturated rings. The van der Waals surface area contributed by atoms with Gasteiger partial charge in [0.05, 0.1) is 5.69 Å². The first-order valence-corrected chi connectivity index (χ1v) is 6.61. The summed E-state index contributed by atoms with van der Waals surface area (Å²) in [7, 11) is 1.77. The molecular formula is C13H13F3N2S. The van der Waals surface area contributed by atoms with E-state index in [2.05, 4.69) is 10.3 Å². The largest absolute Gasteiger partial charge is 0.443 e. The molecule has 19 heavy (non-hydrogen) atoms. The number of nitrogens with zero attached hydrogens (tertiary/aromatic N) is 1. The van der Waals surface area contributed by atoms with Gasteiger partial charge in [0.25, 0.3) is 0 Å². The molecule has 0 atom stereocenters. The molecule has 0 aliphatic heterocycles. The van der Waals surface area contributed by atoms with Crippen molar-refractivity contribution >= 4 is 11.3 Å². The summed E-state index contributed by atoms with van der Waals surface area (Å²) in [5.74, 6) is 0. The molecule has 0 aliphatic carbocycles. The number of thiazole rings is 1. The maximum Gasteiger partial charge on any atom is 0.443 e. The van der Waals surface area contributed by atoms with Crippen molar-refractivity contribution in [3.05, 3.63) is 40.2 Å². The van der Waals surface area contributed by atoms with E-state index in [9.17, 15) is 13.2 Å². The zero-order chi connectivity index (χ0) is 13.9. The van der Waals surface area contributed by atoms with Crippen LogP contribution in [0.3, 0.4) is 0 Å². The van der Waals surface area contributed by atoms with Crippen molar-refractivity contribution in [1.29, 1.82) is 0 Å². The highest BCUT2D eigenvalue weighted by molar-refractivity contribution is 7.12. The second-order valence-corrected chi connectivity index (χ2v) is 5.09. The fourth-order valence-electron chi connectivity index (χ4n) is 1.70. The third kappa shape index (κ3) is 3.33. The van der Waals surface area contributed by atoms with Crippen molar-refractivity contribution in [1.82, 2.24) is 10.3 Å². The van der Waals surface area contributed by atoms with E-state index in [-0.39, 0.29) is 0 Å². The van der Waals surface area contributed by atoms with Crippen LogP contribution in [-0.2, 0) is 12.6 Å². The summed E-state index contributed by atoms with van der Waals surface area (Å²) in [6, 6.07) is 8.97. The van der Waals surface area contributed by atoms with Gasteiger partial charge in [0.2, 0.25) is 0 Å². The molecule has 0 bridgehead atoms. The number of hydrogen-bond donors (Lipinski definition) is 1. The second kappa shape index (κ2) is 5.71. The van der Waals surface area contributed by atoms with Crippen LogP contribution in [0.2, 0.25) is 0 Å². The minimum absolute atomic E-state index is 0.438. The Labute approximate surface area is 113 Å². The molecule has 0 aliphatic rings. The van der Waals surface area contributed by atoms with E-state index in [0.717, 1.165) is 16.9 Å². The average molecular weight is 286 g/mol. The lowest BCUT2D eigenvalue weighted by Crippen LogP contribution is -2.09. The van der Waals surface area contributed by atoms with Crippen LogP contribution in [0.25, 0.3) is 11.3 Å². The Bertz CT molecular complexity index is 535. The number of aromatic nitrogens is 1. The average Bonchev–Trinajstić information content (AvgIpc) is 2.81. The minimum Gasteiger partial charge on any atom is -0.319 e. The molecule has 1 heterocycles. The summed E-state index contributed by atoms with van der Waals surface area (Å²) >= 11 is 0.725. The Morgan fingerprint density at radius 3 is 2.47 bits per heavy atom. The van der Waals surface area contributed by atoms with Gasteiger partial charge in [-0.15, -0.1) is 11.3 Å². The van der Waals surface area contributed by atoms with E-state index in [0.29, 0.717) is 23.5 Å². The molecule has 0 spiro atoms. The number of benzene rings is 1. The summed E-state index contributed by atoms with van der Waals surface area (Å²) < 4.78 is 38.3. The third-order valence-corrected chi connectivity index (χ3v) is 3.75. The first kappa shape index (κ1) is 14.0. The summed E-state index contributed by atoms with van der Waals surface area (Å²) in [4.78, 5) is 4.43. The minimum atomic E-state index is -4.38. The van der Waals surface area contributed by atoms with E-state index in [1.54, 1.807) is 31.3 Å². The van der Waals surface area contributed by atoms with Gasteiger partial charge < -0.3 is 5.32 Å². The summed E-state index contributed by atoms with van der Waals surface area (Å²) in [6.45, 7) is 0.624. The predicted molar refractivity (Wildman–Crippen MR) is 70.2 cm³/mol. The monoisotopic (exact) mass is 286 g/mol. The van der Waals surface area contributed by atoms with E-state index in [4.69, 9.17) is 0 Å². The number of nitrogens with one attached hydrogen (secondary N) is 1. The van der Waals surface area contributed by atoms with Crippen molar-refractivity contribution in [2.45, 2.75) is 12.6 Å². The smallest absolute Gasteiger partial charge is 0.319 e. The first-order valence-electron chi connectivity index (χ1n) is 5.79. The molecular weight excluding hydrogens is 273 g/mol. The van der Waals surface area contributed by atoms with Crippen molar-refractivity contribution in [3.8, 4) is 11.3 Å². The van der Waals surface area contributed by atoms with Crippen molar-refractivity contribution in [2.75, 3.05) is 13.6 Å². The molecule has 0 radical (unpaired) electrons. The van der Waals surface area contributed by atoms with E-state index < -0.39 is 11.2 Å². The molecule has 6 heteroatoms. The Hall–Kier alpha value is -1.40. The van der Waals surface area contributed by atoms with E-state index >= 15 is 0 Å². The van der Waals surface area contributed by atoms with Crippen LogP contribution in [-0.4, -0.2) is 18.6 Å². The summed E-state index contributed by atoms with van der Waals surface area (Å²) in [5, 5.41) is 2.16. The number of rotatable bonds is 4. The lowest BCUT2D eigenvalue weighted by molar-refractivity contribution is -0.137. The Balaban J connectivity index is 2.43. The lowest BCUT2D eigenvalue weighted by Gasteiger charge is -2.01. The van der Waals surface area contributed by atoms with Crippen molar-refractivity contribution < 1.29 is 13.2 Å². The first-order chi connectivity index (χ1) is 9.02. The standard InChI is InChI=1S/C13H13F3N2S/c1-17-8-7-10-11(9-5-3-2-4-6-9)18-12(19-10)13(14,15)16/h2-6,17H,7-8H2,1H3. The molecule has 1 aromatic heterocycles.